The molecule has 1 aliphatic heterocycles. The van der Waals surface area contributed by atoms with E-state index in [9.17, 15) is 4.79 Å². The average Bonchev–Trinajstić information content (AvgIpc) is 2.66. The molecule has 2 aromatic carbocycles. The summed E-state index contributed by atoms with van der Waals surface area (Å²) < 4.78 is 11.5. The number of ether oxygens (including phenoxy) is 2. The first-order valence-corrected chi connectivity index (χ1v) is 9.45. The van der Waals surface area contributed by atoms with Crippen molar-refractivity contribution in [1.29, 1.82) is 0 Å². The third-order valence-corrected chi connectivity index (χ3v) is 4.90. The van der Waals surface area contributed by atoms with Gasteiger partial charge in [-0.1, -0.05) is 35.9 Å². The van der Waals surface area contributed by atoms with Gasteiger partial charge in [-0.15, -0.1) is 0 Å². The summed E-state index contributed by atoms with van der Waals surface area (Å²) in [7, 11) is 1.60. The molecule has 0 fully saturated rings. The molecule has 2 N–H and O–H groups in total. The Morgan fingerprint density at radius 2 is 1.82 bits per heavy atom. The van der Waals surface area contributed by atoms with E-state index in [0.29, 0.717) is 28.8 Å². The van der Waals surface area contributed by atoms with Crippen molar-refractivity contribution < 1.29 is 14.3 Å². The maximum absolute atomic E-state index is 12.2. The van der Waals surface area contributed by atoms with E-state index in [1.165, 1.54) is 5.56 Å². The summed E-state index contributed by atoms with van der Waals surface area (Å²) in [6.45, 7) is 5.91. The Kier molecular flexibility index (Phi) is 5.99. The van der Waals surface area contributed by atoms with Gasteiger partial charge in [-0.05, 0) is 56.2 Å². The molecule has 1 atom stereocenters. The number of carbonyl (C=O) groups is 1. The van der Waals surface area contributed by atoms with Crippen LogP contribution in [0.4, 0.5) is 0 Å². The van der Waals surface area contributed by atoms with E-state index in [1.807, 2.05) is 37.3 Å². The topological polar surface area (TPSA) is 59.6 Å². The van der Waals surface area contributed by atoms with Crippen molar-refractivity contribution in [3.8, 4) is 11.5 Å². The second kappa shape index (κ2) is 8.44. The zero-order valence-electron chi connectivity index (χ0n) is 16.5. The lowest BCUT2D eigenvalue weighted by Gasteiger charge is -2.30. The molecule has 6 heteroatoms. The van der Waals surface area contributed by atoms with Crippen LogP contribution in [0.25, 0.3) is 0 Å². The number of ketones is 1. The Labute approximate surface area is 170 Å². The molecule has 2 aromatic rings. The minimum absolute atomic E-state index is 0.0105. The van der Waals surface area contributed by atoms with Gasteiger partial charge in [-0.2, -0.15) is 0 Å². The Bertz CT molecular complexity index is 935. The highest BCUT2D eigenvalue weighted by Crippen LogP contribution is 2.34. The van der Waals surface area contributed by atoms with Gasteiger partial charge in [-0.3, -0.25) is 4.79 Å². The molecule has 0 radical (unpaired) electrons. The summed E-state index contributed by atoms with van der Waals surface area (Å²) in [5.41, 5.74) is 4.60. The van der Waals surface area contributed by atoms with Crippen LogP contribution in [0.5, 0.6) is 11.5 Å². The molecule has 146 valence electrons. The van der Waals surface area contributed by atoms with Crippen LogP contribution in [0, 0.1) is 6.92 Å². The molecule has 0 aliphatic carbocycles. The molecule has 1 unspecified atom stereocenters. The lowest BCUT2D eigenvalue weighted by molar-refractivity contribution is -0.114. The first kappa shape index (κ1) is 19.9. The fraction of sp³-hybridized carbons (Fsp3) is 0.273. The van der Waals surface area contributed by atoms with Crippen molar-refractivity contribution in [2.45, 2.75) is 33.4 Å². The Morgan fingerprint density at radius 3 is 2.46 bits per heavy atom. The van der Waals surface area contributed by atoms with Crippen LogP contribution in [-0.2, 0) is 11.4 Å². The molecule has 1 heterocycles. The number of benzene rings is 2. The molecule has 1 aliphatic rings. The van der Waals surface area contributed by atoms with E-state index in [4.69, 9.17) is 21.7 Å². The van der Waals surface area contributed by atoms with Crippen molar-refractivity contribution >= 4 is 23.1 Å². The minimum atomic E-state index is -0.328. The number of thiocarbonyl (C=S) groups is 1. The number of Topliss-reactive ketones (excluding diaryl/α,β-unsaturated/α-hetero) is 1. The number of nitrogens with one attached hydrogen (secondary N) is 2. The third kappa shape index (κ3) is 4.34. The van der Waals surface area contributed by atoms with Gasteiger partial charge in [0.2, 0.25) is 0 Å². The van der Waals surface area contributed by atoms with Crippen molar-refractivity contribution in [2.24, 2.45) is 0 Å². The predicted molar refractivity (Wildman–Crippen MR) is 113 cm³/mol. The molecule has 5 nitrogen and oxygen atoms in total. The standard InChI is InChI=1S/C22H24N2O3S/c1-13-5-7-16(8-6-13)12-27-18-10-9-17(11-19(18)26-4)21-20(15(3)25)14(2)23-22(28)24-21/h5-11,21H,12H2,1-4H3,(H2,23,24,28). The van der Waals surface area contributed by atoms with Crippen LogP contribution in [0.3, 0.4) is 0 Å². The number of hydrogen-bond donors (Lipinski definition) is 2. The summed E-state index contributed by atoms with van der Waals surface area (Å²) in [5, 5.41) is 6.68. The molecular formula is C22H24N2O3S. The lowest BCUT2D eigenvalue weighted by Crippen LogP contribution is -2.44. The zero-order valence-corrected chi connectivity index (χ0v) is 17.3. The van der Waals surface area contributed by atoms with Gasteiger partial charge in [0.05, 0.1) is 13.2 Å². The van der Waals surface area contributed by atoms with Gasteiger partial charge in [-0.25, -0.2) is 0 Å². The molecule has 3 rings (SSSR count). The Morgan fingerprint density at radius 1 is 1.11 bits per heavy atom. The highest BCUT2D eigenvalue weighted by Gasteiger charge is 2.28. The maximum atomic E-state index is 12.2. The second-order valence-electron chi connectivity index (χ2n) is 6.81. The van der Waals surface area contributed by atoms with E-state index in [-0.39, 0.29) is 11.8 Å². The van der Waals surface area contributed by atoms with Crippen LogP contribution in [0.15, 0.2) is 53.7 Å². The van der Waals surface area contributed by atoms with Gasteiger partial charge >= 0.3 is 0 Å². The van der Waals surface area contributed by atoms with Crippen LogP contribution in [-0.4, -0.2) is 18.0 Å². The SMILES string of the molecule is COc1cc(C2NC(=S)NC(C)=C2C(C)=O)ccc1OCc1ccc(C)cc1. The summed E-state index contributed by atoms with van der Waals surface area (Å²) in [6, 6.07) is 13.5. The predicted octanol–water partition coefficient (Wildman–Crippen LogP) is 3.96. The van der Waals surface area contributed by atoms with E-state index in [2.05, 4.69) is 29.7 Å². The Balaban J connectivity index is 1.86. The fourth-order valence-electron chi connectivity index (χ4n) is 3.24. The summed E-state index contributed by atoms with van der Waals surface area (Å²) in [6.07, 6.45) is 0. The minimum Gasteiger partial charge on any atom is -0.493 e. The molecule has 0 spiro atoms. The first-order chi connectivity index (χ1) is 13.4. The van der Waals surface area contributed by atoms with Gasteiger partial charge in [0.25, 0.3) is 0 Å². The quantitative estimate of drug-likeness (QED) is 0.721. The number of rotatable bonds is 6. The average molecular weight is 397 g/mol. The van der Waals surface area contributed by atoms with Crippen molar-refractivity contribution in [2.75, 3.05) is 7.11 Å². The van der Waals surface area contributed by atoms with Crippen LogP contribution < -0.4 is 20.1 Å². The lowest BCUT2D eigenvalue weighted by atomic mass is 9.93. The number of allylic oxidation sites excluding steroid dienone is 1. The highest BCUT2D eigenvalue weighted by molar-refractivity contribution is 7.80. The van der Waals surface area contributed by atoms with E-state index in [0.717, 1.165) is 16.8 Å². The third-order valence-electron chi connectivity index (χ3n) is 4.68. The van der Waals surface area contributed by atoms with E-state index in [1.54, 1.807) is 14.0 Å². The van der Waals surface area contributed by atoms with Gasteiger partial charge in [0.1, 0.15) is 6.61 Å². The van der Waals surface area contributed by atoms with E-state index < -0.39 is 0 Å². The molecule has 0 amide bonds. The highest BCUT2D eigenvalue weighted by atomic mass is 32.1. The molecular weight excluding hydrogens is 372 g/mol. The van der Waals surface area contributed by atoms with Crippen molar-refractivity contribution in [3.63, 3.8) is 0 Å². The molecule has 0 saturated heterocycles. The second-order valence-corrected chi connectivity index (χ2v) is 7.22. The van der Waals surface area contributed by atoms with Gasteiger partial charge in [0.15, 0.2) is 22.4 Å². The largest absolute Gasteiger partial charge is 0.493 e. The van der Waals surface area contributed by atoms with Crippen LogP contribution in [0.2, 0.25) is 0 Å². The van der Waals surface area contributed by atoms with E-state index >= 15 is 0 Å². The first-order valence-electron chi connectivity index (χ1n) is 9.04. The molecule has 0 aromatic heterocycles. The summed E-state index contributed by atoms with van der Waals surface area (Å²) in [4.78, 5) is 12.2. The monoisotopic (exact) mass is 396 g/mol. The number of methoxy groups -OCH3 is 1. The Hall–Kier alpha value is -2.86. The summed E-state index contributed by atoms with van der Waals surface area (Å²) >= 11 is 5.27. The fourth-order valence-corrected chi connectivity index (χ4v) is 3.51. The number of aryl methyl sites for hydroxylation is 1. The van der Waals surface area contributed by atoms with Gasteiger partial charge < -0.3 is 20.1 Å². The molecule has 0 bridgehead atoms. The van der Waals surface area contributed by atoms with Crippen LogP contribution in [0.1, 0.15) is 36.6 Å². The summed E-state index contributed by atoms with van der Waals surface area (Å²) in [5.74, 6) is 1.24. The van der Waals surface area contributed by atoms with Crippen molar-refractivity contribution in [3.05, 3.63) is 70.4 Å². The zero-order chi connectivity index (χ0) is 20.3. The molecule has 28 heavy (non-hydrogen) atoms. The normalized spacial score (nSPS) is 16.3. The van der Waals surface area contributed by atoms with Crippen LogP contribution >= 0.6 is 12.2 Å². The number of carbonyl (C=O) groups excluding carboxylic acids is 1. The maximum Gasteiger partial charge on any atom is 0.171 e. The smallest absolute Gasteiger partial charge is 0.171 e. The van der Waals surface area contributed by atoms with Crippen molar-refractivity contribution in [1.82, 2.24) is 10.6 Å². The van der Waals surface area contributed by atoms with Gasteiger partial charge in [0, 0.05) is 11.3 Å². The number of hydrogen-bond acceptors (Lipinski definition) is 4. The molecule has 0 saturated carbocycles.